The Morgan fingerprint density at radius 1 is 1.11 bits per heavy atom. The van der Waals surface area contributed by atoms with Gasteiger partial charge in [0, 0.05) is 15.6 Å². The molecule has 0 fully saturated rings. The van der Waals surface area contributed by atoms with Crippen LogP contribution in [0.2, 0.25) is 10.0 Å². The molecule has 0 amide bonds. The molecule has 0 aromatic heterocycles. The summed E-state index contributed by atoms with van der Waals surface area (Å²) in [6.07, 6.45) is 1.06. The van der Waals surface area contributed by atoms with E-state index in [1.807, 2.05) is 12.1 Å². The maximum absolute atomic E-state index is 6.13. The predicted molar refractivity (Wildman–Crippen MR) is 86.5 cm³/mol. The summed E-state index contributed by atoms with van der Waals surface area (Å²) < 4.78 is 3.30. The van der Waals surface area contributed by atoms with E-state index in [1.165, 1.54) is 23.1 Å². The summed E-state index contributed by atoms with van der Waals surface area (Å²) in [6, 6.07) is 11.9. The molecule has 0 aliphatic heterocycles. The number of hydrogen-bond donors (Lipinski definition) is 1. The maximum Gasteiger partial charge on any atom is 0.0574 e. The Bertz CT molecular complexity index is 584. The third-order valence-corrected chi connectivity index (χ3v) is 4.47. The normalized spacial score (nSPS) is 10.5. The van der Waals surface area contributed by atoms with Gasteiger partial charge < -0.3 is 4.72 Å². The number of nitrogens with one attached hydrogen (secondary N) is 1. The van der Waals surface area contributed by atoms with Crippen molar-refractivity contribution < 1.29 is 0 Å². The summed E-state index contributed by atoms with van der Waals surface area (Å²) in [4.78, 5) is 0.961. The summed E-state index contributed by atoms with van der Waals surface area (Å²) in [5.41, 5.74) is 3.75. The van der Waals surface area contributed by atoms with E-state index in [-0.39, 0.29) is 0 Å². The lowest BCUT2D eigenvalue weighted by Crippen LogP contribution is -1.91. The lowest BCUT2D eigenvalue weighted by molar-refractivity contribution is 1.11. The number of rotatable bonds is 4. The van der Waals surface area contributed by atoms with E-state index in [2.05, 4.69) is 36.8 Å². The largest absolute Gasteiger partial charge is 0.326 e. The van der Waals surface area contributed by atoms with E-state index >= 15 is 0 Å². The van der Waals surface area contributed by atoms with Gasteiger partial charge in [0.15, 0.2) is 0 Å². The number of benzene rings is 2. The van der Waals surface area contributed by atoms with Crippen LogP contribution < -0.4 is 4.72 Å². The van der Waals surface area contributed by atoms with Crippen molar-refractivity contribution in [2.45, 2.75) is 25.2 Å². The second-order valence-electron chi connectivity index (χ2n) is 4.27. The summed E-state index contributed by atoms with van der Waals surface area (Å²) in [5, 5.41) is 1.31. The fourth-order valence-electron chi connectivity index (χ4n) is 1.83. The van der Waals surface area contributed by atoms with Gasteiger partial charge in [0.05, 0.1) is 5.02 Å². The molecule has 100 valence electrons. The van der Waals surface area contributed by atoms with Gasteiger partial charge in [0.2, 0.25) is 0 Å². The van der Waals surface area contributed by atoms with Crippen molar-refractivity contribution >= 4 is 40.8 Å². The van der Waals surface area contributed by atoms with Crippen LogP contribution in [0.15, 0.2) is 41.3 Å². The van der Waals surface area contributed by atoms with Crippen molar-refractivity contribution in [1.29, 1.82) is 0 Å². The molecule has 0 saturated carbocycles. The molecule has 2 aromatic rings. The standard InChI is InChI=1S/C15H15Cl2NS/c1-3-11-4-6-13(8-10(11)2)18-19-15-7-5-12(16)9-14(15)17/h4-9,18H,3H2,1-2H3. The van der Waals surface area contributed by atoms with Crippen molar-refractivity contribution in [3.05, 3.63) is 57.6 Å². The summed E-state index contributed by atoms with van der Waals surface area (Å²) >= 11 is 13.5. The lowest BCUT2D eigenvalue weighted by Gasteiger charge is -2.10. The molecule has 0 aliphatic carbocycles. The molecule has 2 rings (SSSR count). The quantitative estimate of drug-likeness (QED) is 0.697. The first kappa shape index (κ1) is 14.6. The number of aryl methyl sites for hydroxylation is 2. The molecular weight excluding hydrogens is 297 g/mol. The fourth-order valence-corrected chi connectivity index (χ4v) is 3.00. The fraction of sp³-hybridized carbons (Fsp3) is 0.200. The molecule has 0 unspecified atom stereocenters. The van der Waals surface area contributed by atoms with E-state index in [9.17, 15) is 0 Å². The van der Waals surface area contributed by atoms with Crippen molar-refractivity contribution in [3.63, 3.8) is 0 Å². The third-order valence-electron chi connectivity index (χ3n) is 2.90. The van der Waals surface area contributed by atoms with Gasteiger partial charge in [-0.2, -0.15) is 0 Å². The Morgan fingerprint density at radius 2 is 1.89 bits per heavy atom. The molecule has 19 heavy (non-hydrogen) atoms. The molecule has 1 nitrogen and oxygen atoms in total. The first-order valence-corrected chi connectivity index (χ1v) is 7.65. The van der Waals surface area contributed by atoms with Crippen LogP contribution in [0.25, 0.3) is 0 Å². The van der Waals surface area contributed by atoms with Crippen LogP contribution in [0.4, 0.5) is 5.69 Å². The molecule has 2 aromatic carbocycles. The minimum Gasteiger partial charge on any atom is -0.326 e. The minimum absolute atomic E-state index is 0.650. The zero-order chi connectivity index (χ0) is 13.8. The molecule has 0 saturated heterocycles. The van der Waals surface area contributed by atoms with Crippen LogP contribution in [0.5, 0.6) is 0 Å². The molecule has 0 atom stereocenters. The Balaban J connectivity index is 2.08. The monoisotopic (exact) mass is 311 g/mol. The van der Waals surface area contributed by atoms with Gasteiger partial charge in [-0.1, -0.05) is 36.2 Å². The average molecular weight is 312 g/mol. The second-order valence-corrected chi connectivity index (χ2v) is 5.97. The molecule has 1 N–H and O–H groups in total. The third kappa shape index (κ3) is 3.82. The Kier molecular flexibility index (Phi) is 5.03. The Morgan fingerprint density at radius 3 is 2.53 bits per heavy atom. The SMILES string of the molecule is CCc1ccc(NSc2ccc(Cl)cc2Cl)cc1C. The first-order valence-electron chi connectivity index (χ1n) is 6.07. The molecule has 0 heterocycles. The van der Waals surface area contributed by atoms with E-state index < -0.39 is 0 Å². The van der Waals surface area contributed by atoms with E-state index in [0.29, 0.717) is 10.0 Å². The molecule has 0 aliphatic rings. The highest BCUT2D eigenvalue weighted by Gasteiger charge is 2.03. The van der Waals surface area contributed by atoms with Gasteiger partial charge >= 0.3 is 0 Å². The summed E-state index contributed by atoms with van der Waals surface area (Å²) in [7, 11) is 0. The second kappa shape index (κ2) is 6.56. The summed E-state index contributed by atoms with van der Waals surface area (Å²) in [6.45, 7) is 4.29. The van der Waals surface area contributed by atoms with Crippen molar-refractivity contribution in [1.82, 2.24) is 0 Å². The highest BCUT2D eigenvalue weighted by Crippen LogP contribution is 2.30. The maximum atomic E-state index is 6.13. The Labute approximate surface area is 128 Å². The van der Waals surface area contributed by atoms with Crippen LogP contribution >= 0.6 is 35.1 Å². The molecular formula is C15H15Cl2NS. The summed E-state index contributed by atoms with van der Waals surface area (Å²) in [5.74, 6) is 0. The number of halogens is 2. The highest BCUT2D eigenvalue weighted by atomic mass is 35.5. The molecule has 4 heteroatoms. The average Bonchev–Trinajstić information content (AvgIpc) is 2.38. The Hall–Kier alpha value is -0.830. The van der Waals surface area contributed by atoms with Crippen LogP contribution in [-0.4, -0.2) is 0 Å². The molecule has 0 bridgehead atoms. The van der Waals surface area contributed by atoms with E-state index in [4.69, 9.17) is 23.2 Å². The van der Waals surface area contributed by atoms with E-state index in [0.717, 1.165) is 17.0 Å². The van der Waals surface area contributed by atoms with Crippen LogP contribution in [0, 0.1) is 6.92 Å². The predicted octanol–water partition coefficient (Wildman–Crippen LogP) is 5.98. The van der Waals surface area contributed by atoms with Gasteiger partial charge in [-0.05, 0) is 66.8 Å². The zero-order valence-corrected chi connectivity index (χ0v) is 13.2. The molecule has 0 radical (unpaired) electrons. The van der Waals surface area contributed by atoms with Crippen LogP contribution in [-0.2, 0) is 6.42 Å². The number of anilines is 1. The van der Waals surface area contributed by atoms with Gasteiger partial charge in [-0.25, -0.2) is 0 Å². The van der Waals surface area contributed by atoms with E-state index in [1.54, 1.807) is 6.07 Å². The van der Waals surface area contributed by atoms with Crippen molar-refractivity contribution in [2.75, 3.05) is 4.72 Å². The van der Waals surface area contributed by atoms with Crippen LogP contribution in [0.3, 0.4) is 0 Å². The van der Waals surface area contributed by atoms with Crippen LogP contribution in [0.1, 0.15) is 18.1 Å². The van der Waals surface area contributed by atoms with Gasteiger partial charge in [0.25, 0.3) is 0 Å². The van der Waals surface area contributed by atoms with Gasteiger partial charge in [-0.3, -0.25) is 0 Å². The zero-order valence-electron chi connectivity index (χ0n) is 10.8. The molecule has 0 spiro atoms. The highest BCUT2D eigenvalue weighted by molar-refractivity contribution is 8.00. The first-order chi connectivity index (χ1) is 9.10. The van der Waals surface area contributed by atoms with Crippen molar-refractivity contribution in [3.8, 4) is 0 Å². The topological polar surface area (TPSA) is 12.0 Å². The van der Waals surface area contributed by atoms with Crippen molar-refractivity contribution in [2.24, 2.45) is 0 Å². The lowest BCUT2D eigenvalue weighted by atomic mass is 10.1. The van der Waals surface area contributed by atoms with Gasteiger partial charge in [0.1, 0.15) is 0 Å². The number of hydrogen-bond acceptors (Lipinski definition) is 2. The van der Waals surface area contributed by atoms with Gasteiger partial charge in [-0.15, -0.1) is 0 Å². The minimum atomic E-state index is 0.650. The smallest absolute Gasteiger partial charge is 0.0574 e.